The molecule has 4 rings (SSSR count). The maximum absolute atomic E-state index is 13.7. The standard InChI is InChI=1S/C27H30F3N5O3/c1-25(2,3)21(34-24(38)27(28,29)30)23(37)35-13-17-19(26(17,4)5)20(35)22(36)33-18(10-31)16-12-32-11-14-8-6-7-9-15(14)16/h6-9,11-12,17-21H,13H2,1-5H3,(H,33,36)(H,34,38)/t17-,18+,19-,20-,21+/m0/s1. The first-order chi connectivity index (χ1) is 17.6. The monoisotopic (exact) mass is 529 g/mol. The fourth-order valence-corrected chi connectivity index (χ4v) is 5.62. The number of hydrogen-bond acceptors (Lipinski definition) is 5. The normalized spacial score (nSPS) is 23.7. The largest absolute Gasteiger partial charge is 0.471 e. The van der Waals surface area contributed by atoms with Gasteiger partial charge >= 0.3 is 12.1 Å². The Morgan fingerprint density at radius 2 is 1.79 bits per heavy atom. The Bertz CT molecular complexity index is 1320. The molecule has 0 bridgehead atoms. The lowest BCUT2D eigenvalue weighted by atomic mass is 9.85. The third kappa shape index (κ3) is 4.79. The zero-order chi connectivity index (χ0) is 28.2. The number of benzene rings is 1. The van der Waals surface area contributed by atoms with Gasteiger partial charge in [0.15, 0.2) is 0 Å². The second kappa shape index (κ2) is 9.26. The molecule has 2 fully saturated rings. The van der Waals surface area contributed by atoms with Crippen LogP contribution in [-0.2, 0) is 14.4 Å². The van der Waals surface area contributed by atoms with Crippen molar-refractivity contribution in [3.8, 4) is 6.07 Å². The number of carbonyl (C=O) groups excluding carboxylic acids is 3. The van der Waals surface area contributed by atoms with E-state index in [9.17, 15) is 32.8 Å². The third-order valence-electron chi connectivity index (χ3n) is 7.83. The number of piperidine rings is 1. The highest BCUT2D eigenvalue weighted by Gasteiger charge is 2.70. The summed E-state index contributed by atoms with van der Waals surface area (Å²) in [5, 5.41) is 16.0. The second-order valence-corrected chi connectivity index (χ2v) is 11.7. The number of carbonyl (C=O) groups is 3. The molecule has 202 valence electrons. The van der Waals surface area contributed by atoms with Gasteiger partial charge in [-0.3, -0.25) is 19.4 Å². The van der Waals surface area contributed by atoms with Gasteiger partial charge in [0, 0.05) is 29.9 Å². The molecular weight excluding hydrogens is 499 g/mol. The molecule has 5 atom stereocenters. The fourth-order valence-electron chi connectivity index (χ4n) is 5.62. The van der Waals surface area contributed by atoms with Crippen LogP contribution in [0.4, 0.5) is 13.2 Å². The maximum Gasteiger partial charge on any atom is 0.471 e. The summed E-state index contributed by atoms with van der Waals surface area (Å²) in [6, 6.07) is 5.78. The van der Waals surface area contributed by atoms with Crippen molar-refractivity contribution in [1.82, 2.24) is 20.5 Å². The van der Waals surface area contributed by atoms with Gasteiger partial charge in [0.05, 0.1) is 6.07 Å². The minimum Gasteiger partial charge on any atom is -0.336 e. The van der Waals surface area contributed by atoms with Crippen LogP contribution in [0.1, 0.15) is 46.2 Å². The molecule has 2 heterocycles. The summed E-state index contributed by atoms with van der Waals surface area (Å²) >= 11 is 0. The lowest BCUT2D eigenvalue weighted by Gasteiger charge is -2.37. The molecule has 0 unspecified atom stereocenters. The molecule has 1 aromatic heterocycles. The van der Waals surface area contributed by atoms with Crippen molar-refractivity contribution in [3.63, 3.8) is 0 Å². The van der Waals surface area contributed by atoms with Crippen molar-refractivity contribution in [2.75, 3.05) is 6.54 Å². The number of aromatic nitrogens is 1. The lowest BCUT2D eigenvalue weighted by molar-refractivity contribution is -0.176. The molecule has 1 saturated heterocycles. The van der Waals surface area contributed by atoms with Crippen LogP contribution in [0.25, 0.3) is 10.8 Å². The fraction of sp³-hybridized carbons (Fsp3) is 0.519. The summed E-state index contributed by atoms with van der Waals surface area (Å²) in [5.41, 5.74) is -0.842. The molecule has 1 saturated carbocycles. The molecule has 38 heavy (non-hydrogen) atoms. The lowest BCUT2D eigenvalue weighted by Crippen LogP contribution is -2.60. The van der Waals surface area contributed by atoms with E-state index in [0.717, 1.165) is 10.8 Å². The number of likely N-dealkylation sites (tertiary alicyclic amines) is 1. The number of nitriles is 1. The Morgan fingerprint density at radius 3 is 2.39 bits per heavy atom. The average Bonchev–Trinajstić information content (AvgIpc) is 3.16. The third-order valence-corrected chi connectivity index (χ3v) is 7.83. The zero-order valence-corrected chi connectivity index (χ0v) is 21.8. The van der Waals surface area contributed by atoms with Gasteiger partial charge in [-0.1, -0.05) is 58.9 Å². The maximum atomic E-state index is 13.7. The first-order valence-electron chi connectivity index (χ1n) is 12.3. The summed E-state index contributed by atoms with van der Waals surface area (Å²) in [4.78, 5) is 44.5. The van der Waals surface area contributed by atoms with Crippen LogP contribution in [0, 0.1) is 34.0 Å². The molecular formula is C27H30F3N5O3. The topological polar surface area (TPSA) is 115 Å². The number of alkyl halides is 3. The summed E-state index contributed by atoms with van der Waals surface area (Å²) in [5.74, 6) is -3.84. The van der Waals surface area contributed by atoms with Crippen molar-refractivity contribution in [2.45, 2.75) is 58.9 Å². The number of halogens is 3. The van der Waals surface area contributed by atoms with Crippen LogP contribution >= 0.6 is 0 Å². The Labute approximate surface area is 218 Å². The SMILES string of the molecule is CC(C)(C)[C@H](NC(=O)C(F)(F)F)C(=O)N1C[C@H]2[C@@H]([C@H]1C(=O)N[C@H](C#N)c1cncc3ccccc13)C2(C)C. The minimum absolute atomic E-state index is 0.0408. The molecule has 1 aliphatic carbocycles. The van der Waals surface area contributed by atoms with E-state index in [1.54, 1.807) is 33.0 Å². The van der Waals surface area contributed by atoms with E-state index in [2.05, 4.69) is 16.4 Å². The van der Waals surface area contributed by atoms with E-state index in [1.165, 1.54) is 11.1 Å². The number of amides is 3. The number of rotatable bonds is 5. The van der Waals surface area contributed by atoms with Crippen molar-refractivity contribution in [2.24, 2.45) is 22.7 Å². The summed E-state index contributed by atoms with van der Waals surface area (Å²) in [6.07, 6.45) is -2.02. The van der Waals surface area contributed by atoms with E-state index >= 15 is 0 Å². The Hall–Kier alpha value is -3.68. The molecule has 1 aliphatic heterocycles. The van der Waals surface area contributed by atoms with E-state index in [1.807, 2.05) is 37.4 Å². The van der Waals surface area contributed by atoms with Crippen LogP contribution in [0.15, 0.2) is 36.7 Å². The summed E-state index contributed by atoms with van der Waals surface area (Å²) < 4.78 is 39.1. The van der Waals surface area contributed by atoms with Gasteiger partial charge in [0.2, 0.25) is 11.8 Å². The highest BCUT2D eigenvalue weighted by molar-refractivity contribution is 5.95. The Kier molecular flexibility index (Phi) is 6.66. The van der Waals surface area contributed by atoms with Crippen molar-refractivity contribution in [1.29, 1.82) is 5.26 Å². The van der Waals surface area contributed by atoms with Gasteiger partial charge in [0.25, 0.3) is 0 Å². The average molecular weight is 530 g/mol. The van der Waals surface area contributed by atoms with E-state index in [4.69, 9.17) is 0 Å². The Balaban J connectivity index is 1.63. The predicted octanol–water partition coefficient (Wildman–Crippen LogP) is 3.49. The molecule has 8 nitrogen and oxygen atoms in total. The van der Waals surface area contributed by atoms with Crippen molar-refractivity contribution in [3.05, 3.63) is 42.2 Å². The molecule has 3 amide bonds. The van der Waals surface area contributed by atoms with Gasteiger partial charge in [-0.25, -0.2) is 0 Å². The molecule has 1 aromatic carbocycles. The van der Waals surface area contributed by atoms with E-state index < -0.39 is 47.4 Å². The molecule has 2 N–H and O–H groups in total. The highest BCUT2D eigenvalue weighted by atomic mass is 19.4. The van der Waals surface area contributed by atoms with Gasteiger partial charge in [-0.2, -0.15) is 18.4 Å². The van der Waals surface area contributed by atoms with Crippen LogP contribution < -0.4 is 10.6 Å². The quantitative estimate of drug-likeness (QED) is 0.615. The predicted molar refractivity (Wildman–Crippen MR) is 132 cm³/mol. The summed E-state index contributed by atoms with van der Waals surface area (Å²) in [7, 11) is 0. The number of fused-ring (bicyclic) bond motifs is 2. The highest BCUT2D eigenvalue weighted by Crippen LogP contribution is 2.65. The van der Waals surface area contributed by atoms with E-state index in [-0.39, 0.29) is 23.8 Å². The second-order valence-electron chi connectivity index (χ2n) is 11.7. The molecule has 2 aromatic rings. The molecule has 0 radical (unpaired) electrons. The minimum atomic E-state index is -5.16. The molecule has 2 aliphatic rings. The van der Waals surface area contributed by atoms with Crippen LogP contribution in [0.2, 0.25) is 0 Å². The number of nitrogens with one attached hydrogen (secondary N) is 2. The van der Waals surface area contributed by atoms with Gasteiger partial charge < -0.3 is 15.5 Å². The van der Waals surface area contributed by atoms with Crippen molar-refractivity contribution < 1.29 is 27.6 Å². The van der Waals surface area contributed by atoms with Crippen LogP contribution in [0.5, 0.6) is 0 Å². The zero-order valence-electron chi connectivity index (χ0n) is 21.8. The number of pyridine rings is 1. The van der Waals surface area contributed by atoms with Gasteiger partial charge in [-0.05, 0) is 28.1 Å². The van der Waals surface area contributed by atoms with Gasteiger partial charge in [-0.15, -0.1) is 0 Å². The summed E-state index contributed by atoms with van der Waals surface area (Å²) in [6.45, 7) is 8.72. The Morgan fingerprint density at radius 1 is 1.13 bits per heavy atom. The molecule has 0 spiro atoms. The van der Waals surface area contributed by atoms with E-state index in [0.29, 0.717) is 5.56 Å². The van der Waals surface area contributed by atoms with Crippen LogP contribution in [0.3, 0.4) is 0 Å². The van der Waals surface area contributed by atoms with Gasteiger partial charge in [0.1, 0.15) is 18.1 Å². The first kappa shape index (κ1) is 27.4. The van der Waals surface area contributed by atoms with Crippen LogP contribution in [-0.4, -0.2) is 52.4 Å². The molecule has 11 heteroatoms. The number of hydrogen-bond donors (Lipinski definition) is 2. The first-order valence-corrected chi connectivity index (χ1v) is 12.3. The van der Waals surface area contributed by atoms with Crippen molar-refractivity contribution >= 4 is 28.5 Å². The smallest absolute Gasteiger partial charge is 0.336 e. The number of nitrogens with zero attached hydrogens (tertiary/aromatic N) is 3.